The summed E-state index contributed by atoms with van der Waals surface area (Å²) in [5, 5.41) is 11.1. The van der Waals surface area contributed by atoms with Gasteiger partial charge >= 0.3 is 5.97 Å². The zero-order valence-electron chi connectivity index (χ0n) is 11.9. The van der Waals surface area contributed by atoms with Crippen molar-refractivity contribution in [2.75, 3.05) is 19.0 Å². The normalized spacial score (nSPS) is 10.6. The van der Waals surface area contributed by atoms with Crippen LogP contribution >= 0.6 is 0 Å². The number of carbonyl (C=O) groups excluding carboxylic acids is 1. The predicted octanol–water partition coefficient (Wildman–Crippen LogP) is 0.854. The van der Waals surface area contributed by atoms with Crippen molar-refractivity contribution >= 4 is 23.0 Å². The molecule has 1 aromatic carbocycles. The number of aromatic nitrogens is 5. The number of esters is 1. The molecule has 0 radical (unpaired) electrons. The van der Waals surface area contributed by atoms with Crippen LogP contribution in [0, 0.1) is 0 Å². The van der Waals surface area contributed by atoms with Gasteiger partial charge in [0.15, 0.2) is 17.0 Å². The van der Waals surface area contributed by atoms with E-state index in [9.17, 15) is 4.79 Å². The van der Waals surface area contributed by atoms with Crippen LogP contribution in [-0.2, 0) is 16.1 Å². The first-order valence-electron chi connectivity index (χ1n) is 6.66. The molecule has 3 rings (SSSR count). The Hall–Kier alpha value is -3.03. The molecule has 8 nitrogen and oxygen atoms in total. The van der Waals surface area contributed by atoms with Crippen LogP contribution < -0.4 is 5.32 Å². The molecular formula is C14H14N6O2. The third-order valence-electron chi connectivity index (χ3n) is 3.10. The second kappa shape index (κ2) is 6.17. The minimum absolute atomic E-state index is 0.00809. The van der Waals surface area contributed by atoms with Crippen LogP contribution in [0.5, 0.6) is 0 Å². The predicted molar refractivity (Wildman–Crippen MR) is 79.2 cm³/mol. The second-order valence-electron chi connectivity index (χ2n) is 4.56. The summed E-state index contributed by atoms with van der Waals surface area (Å²) in [6, 6.07) is 9.90. The summed E-state index contributed by atoms with van der Waals surface area (Å²) in [6.45, 7) is 0.568. The fraction of sp³-hybridized carbons (Fsp3) is 0.214. The number of hydrogen-bond acceptors (Lipinski definition) is 7. The minimum Gasteiger partial charge on any atom is -0.468 e. The highest BCUT2D eigenvalue weighted by Gasteiger charge is 2.12. The van der Waals surface area contributed by atoms with E-state index in [1.54, 1.807) is 4.68 Å². The maximum atomic E-state index is 11.2. The molecule has 0 saturated carbocycles. The van der Waals surface area contributed by atoms with Crippen LogP contribution in [0.25, 0.3) is 11.2 Å². The Labute approximate surface area is 126 Å². The molecule has 0 aliphatic carbocycles. The van der Waals surface area contributed by atoms with Crippen molar-refractivity contribution in [1.29, 1.82) is 0 Å². The van der Waals surface area contributed by atoms with Gasteiger partial charge in [-0.05, 0) is 5.56 Å². The highest BCUT2D eigenvalue weighted by Crippen LogP contribution is 2.16. The Kier molecular flexibility index (Phi) is 3.90. The van der Waals surface area contributed by atoms with Crippen molar-refractivity contribution in [2.24, 2.45) is 0 Å². The van der Waals surface area contributed by atoms with E-state index in [-0.39, 0.29) is 12.5 Å². The summed E-state index contributed by atoms with van der Waals surface area (Å²) in [6.07, 6.45) is 1.41. The topological polar surface area (TPSA) is 94.8 Å². The number of benzene rings is 1. The summed E-state index contributed by atoms with van der Waals surface area (Å²) < 4.78 is 6.27. The average molecular weight is 298 g/mol. The molecule has 0 bridgehead atoms. The molecule has 0 spiro atoms. The number of anilines is 1. The van der Waals surface area contributed by atoms with Crippen molar-refractivity contribution in [1.82, 2.24) is 25.0 Å². The number of rotatable bonds is 5. The minimum atomic E-state index is -0.386. The van der Waals surface area contributed by atoms with Crippen molar-refractivity contribution in [3.8, 4) is 0 Å². The Balaban J connectivity index is 1.87. The smallest absolute Gasteiger partial charge is 0.325 e. The van der Waals surface area contributed by atoms with E-state index in [1.807, 2.05) is 30.3 Å². The van der Waals surface area contributed by atoms with E-state index in [4.69, 9.17) is 0 Å². The highest BCUT2D eigenvalue weighted by atomic mass is 16.5. The fourth-order valence-corrected chi connectivity index (χ4v) is 2.01. The summed E-state index contributed by atoms with van der Waals surface area (Å²) in [5.41, 5.74) is 2.21. The van der Waals surface area contributed by atoms with Gasteiger partial charge in [-0.2, -0.15) is 0 Å². The molecule has 112 valence electrons. The Bertz CT molecular complexity index is 786. The molecule has 0 atom stereocenters. The first-order valence-corrected chi connectivity index (χ1v) is 6.66. The van der Waals surface area contributed by atoms with Crippen LogP contribution in [0.3, 0.4) is 0 Å². The molecule has 0 fully saturated rings. The molecule has 0 saturated heterocycles. The van der Waals surface area contributed by atoms with Crippen molar-refractivity contribution < 1.29 is 9.53 Å². The zero-order valence-corrected chi connectivity index (χ0v) is 11.9. The van der Waals surface area contributed by atoms with Gasteiger partial charge in [-0.3, -0.25) is 4.79 Å². The number of ether oxygens (including phenoxy) is 1. The van der Waals surface area contributed by atoms with Gasteiger partial charge < -0.3 is 10.1 Å². The molecule has 22 heavy (non-hydrogen) atoms. The number of nitrogens with zero attached hydrogens (tertiary/aromatic N) is 5. The van der Waals surface area contributed by atoms with Crippen LogP contribution in [0.1, 0.15) is 5.56 Å². The molecule has 3 aromatic rings. The van der Waals surface area contributed by atoms with Crippen molar-refractivity contribution in [3.05, 3.63) is 42.2 Å². The number of nitrogens with one attached hydrogen (secondary N) is 1. The van der Waals surface area contributed by atoms with Gasteiger partial charge in [0, 0.05) is 0 Å². The Morgan fingerprint density at radius 2 is 2.09 bits per heavy atom. The Morgan fingerprint density at radius 1 is 1.27 bits per heavy atom. The summed E-state index contributed by atoms with van der Waals surface area (Å²) in [7, 11) is 1.33. The van der Waals surface area contributed by atoms with E-state index < -0.39 is 0 Å². The maximum absolute atomic E-state index is 11.2. The maximum Gasteiger partial charge on any atom is 0.325 e. The zero-order chi connectivity index (χ0) is 15.4. The van der Waals surface area contributed by atoms with E-state index in [2.05, 4.69) is 30.3 Å². The molecule has 0 amide bonds. The van der Waals surface area contributed by atoms with Gasteiger partial charge in [0.2, 0.25) is 0 Å². The summed E-state index contributed by atoms with van der Waals surface area (Å²) in [5.74, 6) is 0.0677. The third-order valence-corrected chi connectivity index (χ3v) is 3.10. The van der Waals surface area contributed by atoms with Gasteiger partial charge in [0.1, 0.15) is 12.9 Å². The standard InChI is InChI=1S/C14H14N6O2/c1-22-11(21)7-15-13-12-14(17-9-16-13)20(19-18-12)8-10-5-3-2-4-6-10/h2-6,9H,7-8H2,1H3,(H,15,16,17). The monoisotopic (exact) mass is 298 g/mol. The SMILES string of the molecule is COC(=O)CNc1ncnc2c1nnn2Cc1ccccc1. The van der Waals surface area contributed by atoms with Crippen LogP contribution in [0.4, 0.5) is 5.82 Å². The second-order valence-corrected chi connectivity index (χ2v) is 4.56. The van der Waals surface area contributed by atoms with Crippen LogP contribution in [0.2, 0.25) is 0 Å². The van der Waals surface area contributed by atoms with Gasteiger partial charge in [-0.15, -0.1) is 5.10 Å². The third kappa shape index (κ3) is 2.85. The lowest BCUT2D eigenvalue weighted by Crippen LogP contribution is -2.16. The molecular weight excluding hydrogens is 284 g/mol. The fourth-order valence-electron chi connectivity index (χ4n) is 2.01. The van der Waals surface area contributed by atoms with Crippen LogP contribution in [-0.4, -0.2) is 44.6 Å². The van der Waals surface area contributed by atoms with Gasteiger partial charge in [-0.25, -0.2) is 14.6 Å². The first-order chi connectivity index (χ1) is 10.8. The van der Waals surface area contributed by atoms with Gasteiger partial charge in [0.05, 0.1) is 13.7 Å². The molecule has 1 N–H and O–H groups in total. The number of hydrogen-bond donors (Lipinski definition) is 1. The molecule has 2 aromatic heterocycles. The lowest BCUT2D eigenvalue weighted by Gasteiger charge is -2.04. The first kappa shape index (κ1) is 13.9. The number of methoxy groups -OCH3 is 1. The summed E-state index contributed by atoms with van der Waals surface area (Å²) >= 11 is 0. The Morgan fingerprint density at radius 3 is 2.86 bits per heavy atom. The van der Waals surface area contributed by atoms with E-state index in [1.165, 1.54) is 13.4 Å². The number of carbonyl (C=O) groups is 1. The molecule has 8 heteroatoms. The average Bonchev–Trinajstić information content (AvgIpc) is 2.97. The van der Waals surface area contributed by atoms with E-state index in [0.29, 0.717) is 23.5 Å². The van der Waals surface area contributed by atoms with Gasteiger partial charge in [0.25, 0.3) is 0 Å². The quantitative estimate of drug-likeness (QED) is 0.698. The largest absolute Gasteiger partial charge is 0.468 e. The molecule has 0 aliphatic rings. The van der Waals surface area contributed by atoms with E-state index >= 15 is 0 Å². The van der Waals surface area contributed by atoms with E-state index in [0.717, 1.165) is 5.56 Å². The highest BCUT2D eigenvalue weighted by molar-refractivity contribution is 5.84. The lowest BCUT2D eigenvalue weighted by molar-refractivity contribution is -0.138. The van der Waals surface area contributed by atoms with Crippen molar-refractivity contribution in [3.63, 3.8) is 0 Å². The summed E-state index contributed by atoms with van der Waals surface area (Å²) in [4.78, 5) is 19.5. The van der Waals surface area contributed by atoms with Crippen LogP contribution in [0.15, 0.2) is 36.7 Å². The van der Waals surface area contributed by atoms with Crippen molar-refractivity contribution in [2.45, 2.75) is 6.54 Å². The molecule has 0 unspecified atom stereocenters. The van der Waals surface area contributed by atoms with Gasteiger partial charge in [-0.1, -0.05) is 35.5 Å². The molecule has 2 heterocycles. The molecule has 0 aliphatic heterocycles. The number of fused-ring (bicyclic) bond motifs is 1. The lowest BCUT2D eigenvalue weighted by atomic mass is 10.2.